The third kappa shape index (κ3) is 2.60. The van der Waals surface area contributed by atoms with Crippen molar-refractivity contribution in [1.29, 1.82) is 0 Å². The summed E-state index contributed by atoms with van der Waals surface area (Å²) in [6, 6.07) is 1.85. The van der Waals surface area contributed by atoms with Crippen LogP contribution in [0.15, 0.2) is 12.1 Å². The van der Waals surface area contributed by atoms with Crippen LogP contribution < -0.4 is 4.74 Å². The van der Waals surface area contributed by atoms with Crippen LogP contribution in [0.4, 0.5) is 17.6 Å². The summed E-state index contributed by atoms with van der Waals surface area (Å²) in [5.41, 5.74) is 0.307. The van der Waals surface area contributed by atoms with E-state index in [0.29, 0.717) is 5.56 Å². The predicted molar refractivity (Wildman–Crippen MR) is 45.6 cm³/mol. The van der Waals surface area contributed by atoms with Crippen LogP contribution in [-0.2, 0) is 5.33 Å². The molecule has 0 aromatic heterocycles. The van der Waals surface area contributed by atoms with Crippen LogP contribution in [-0.4, -0.2) is 6.61 Å². The Kier molecular flexibility index (Phi) is 3.74. The van der Waals surface area contributed by atoms with Gasteiger partial charge in [0.05, 0.1) is 0 Å². The highest BCUT2D eigenvalue weighted by molar-refractivity contribution is 9.08. The van der Waals surface area contributed by atoms with E-state index in [2.05, 4.69) is 20.7 Å². The van der Waals surface area contributed by atoms with Crippen molar-refractivity contribution in [2.75, 3.05) is 0 Å². The summed E-state index contributed by atoms with van der Waals surface area (Å²) in [6.07, 6.45) is 0. The molecule has 0 heterocycles. The quantitative estimate of drug-likeness (QED) is 0.605. The van der Waals surface area contributed by atoms with E-state index >= 15 is 0 Å². The Morgan fingerprint density at radius 2 is 1.71 bits per heavy atom. The molecule has 0 N–H and O–H groups in total. The van der Waals surface area contributed by atoms with Crippen molar-refractivity contribution in [3.8, 4) is 5.75 Å². The molecule has 0 saturated carbocycles. The second kappa shape index (κ2) is 4.63. The van der Waals surface area contributed by atoms with Crippen LogP contribution in [0.5, 0.6) is 5.75 Å². The van der Waals surface area contributed by atoms with Crippen molar-refractivity contribution in [2.24, 2.45) is 0 Å². The Morgan fingerprint density at radius 1 is 1.21 bits per heavy atom. The van der Waals surface area contributed by atoms with Gasteiger partial charge in [0.1, 0.15) is 0 Å². The summed E-state index contributed by atoms with van der Waals surface area (Å²) in [5, 5.41) is 0.232. The van der Waals surface area contributed by atoms with Gasteiger partial charge in [0.25, 0.3) is 0 Å². The summed E-state index contributed by atoms with van der Waals surface area (Å²) in [7, 11) is 0. The van der Waals surface area contributed by atoms with Gasteiger partial charge in [-0.1, -0.05) is 15.9 Å². The Bertz CT molecular complexity index is 306. The van der Waals surface area contributed by atoms with E-state index in [9.17, 15) is 17.6 Å². The molecule has 0 aliphatic rings. The first-order chi connectivity index (χ1) is 6.54. The van der Waals surface area contributed by atoms with Crippen LogP contribution in [0.25, 0.3) is 0 Å². The van der Waals surface area contributed by atoms with Crippen molar-refractivity contribution in [1.82, 2.24) is 0 Å². The van der Waals surface area contributed by atoms with Gasteiger partial charge in [-0.05, 0) is 17.7 Å². The third-order valence-corrected chi connectivity index (χ3v) is 2.07. The molecule has 14 heavy (non-hydrogen) atoms. The molecule has 1 aromatic rings. The number of alkyl halides is 3. The highest BCUT2D eigenvalue weighted by Gasteiger charge is 2.16. The molecule has 0 aliphatic heterocycles. The van der Waals surface area contributed by atoms with Gasteiger partial charge in [0.2, 0.25) is 0 Å². The van der Waals surface area contributed by atoms with E-state index < -0.39 is 24.0 Å². The van der Waals surface area contributed by atoms with Crippen molar-refractivity contribution in [3.05, 3.63) is 29.3 Å². The Hall–Kier alpha value is -0.780. The van der Waals surface area contributed by atoms with E-state index in [-0.39, 0.29) is 5.33 Å². The fourth-order valence-electron chi connectivity index (χ4n) is 0.891. The standard InChI is InChI=1S/C8H5BrF4O/c9-3-4-1-5(10)7(6(11)2-4)14-8(12)13/h1-2,8H,3H2. The largest absolute Gasteiger partial charge is 0.429 e. The summed E-state index contributed by atoms with van der Waals surface area (Å²) in [5.74, 6) is -3.33. The zero-order valence-electron chi connectivity index (χ0n) is 6.74. The van der Waals surface area contributed by atoms with E-state index in [0.717, 1.165) is 12.1 Å². The number of ether oxygens (including phenoxy) is 1. The lowest BCUT2D eigenvalue weighted by molar-refractivity contribution is -0.0546. The van der Waals surface area contributed by atoms with Gasteiger partial charge in [-0.15, -0.1) is 0 Å². The fraction of sp³-hybridized carbons (Fsp3) is 0.250. The van der Waals surface area contributed by atoms with Crippen LogP contribution in [0, 0.1) is 11.6 Å². The van der Waals surface area contributed by atoms with Gasteiger partial charge in [0, 0.05) is 5.33 Å². The summed E-state index contributed by atoms with van der Waals surface area (Å²) < 4.78 is 53.0. The minimum Gasteiger partial charge on any atom is -0.429 e. The maximum absolute atomic E-state index is 12.9. The van der Waals surface area contributed by atoms with Crippen LogP contribution >= 0.6 is 15.9 Å². The first-order valence-corrected chi connectivity index (χ1v) is 4.65. The predicted octanol–water partition coefficient (Wildman–Crippen LogP) is 3.46. The summed E-state index contributed by atoms with van der Waals surface area (Å²) in [4.78, 5) is 0. The van der Waals surface area contributed by atoms with Gasteiger partial charge in [-0.25, -0.2) is 8.78 Å². The normalized spacial score (nSPS) is 10.7. The Morgan fingerprint density at radius 3 is 2.07 bits per heavy atom. The minimum absolute atomic E-state index is 0.232. The zero-order chi connectivity index (χ0) is 10.7. The molecule has 1 nitrogen and oxygen atoms in total. The molecule has 6 heteroatoms. The average molecular weight is 273 g/mol. The van der Waals surface area contributed by atoms with E-state index in [1.54, 1.807) is 0 Å². The minimum atomic E-state index is -3.24. The maximum Gasteiger partial charge on any atom is 0.387 e. The fourth-order valence-corrected chi connectivity index (χ4v) is 1.21. The van der Waals surface area contributed by atoms with E-state index in [4.69, 9.17) is 0 Å². The van der Waals surface area contributed by atoms with Gasteiger partial charge in [-0.2, -0.15) is 8.78 Å². The zero-order valence-corrected chi connectivity index (χ0v) is 8.32. The molecule has 0 amide bonds. The maximum atomic E-state index is 12.9. The molecule has 0 saturated heterocycles. The molecule has 78 valence electrons. The van der Waals surface area contributed by atoms with Crippen molar-refractivity contribution in [2.45, 2.75) is 11.9 Å². The lowest BCUT2D eigenvalue weighted by atomic mass is 10.2. The van der Waals surface area contributed by atoms with Crippen molar-refractivity contribution >= 4 is 15.9 Å². The monoisotopic (exact) mass is 272 g/mol. The Labute approximate surface area is 85.8 Å². The first-order valence-electron chi connectivity index (χ1n) is 3.53. The van der Waals surface area contributed by atoms with Crippen LogP contribution in [0.3, 0.4) is 0 Å². The molecule has 0 atom stereocenters. The molecule has 0 spiro atoms. The lowest BCUT2D eigenvalue weighted by Gasteiger charge is -2.07. The number of benzene rings is 1. The number of halogens is 5. The molecule has 0 bridgehead atoms. The molecule has 1 aromatic carbocycles. The third-order valence-electron chi connectivity index (χ3n) is 1.42. The molecule has 0 radical (unpaired) electrons. The molecule has 1 rings (SSSR count). The number of hydrogen-bond donors (Lipinski definition) is 0. The molecule has 0 aliphatic carbocycles. The van der Waals surface area contributed by atoms with Crippen LogP contribution in [0.2, 0.25) is 0 Å². The highest BCUT2D eigenvalue weighted by atomic mass is 79.9. The Balaban J connectivity index is 3.05. The highest BCUT2D eigenvalue weighted by Crippen LogP contribution is 2.25. The van der Waals surface area contributed by atoms with Gasteiger partial charge in [-0.3, -0.25) is 0 Å². The molecular formula is C8H5BrF4O. The molecule has 0 fully saturated rings. The van der Waals surface area contributed by atoms with Gasteiger partial charge < -0.3 is 4.74 Å². The SMILES string of the molecule is Fc1cc(CBr)cc(F)c1OC(F)F. The van der Waals surface area contributed by atoms with E-state index in [1.807, 2.05) is 0 Å². The second-order valence-electron chi connectivity index (χ2n) is 2.40. The summed E-state index contributed by atoms with van der Waals surface area (Å²) >= 11 is 2.98. The van der Waals surface area contributed by atoms with Crippen molar-refractivity contribution in [3.63, 3.8) is 0 Å². The molecule has 0 unspecified atom stereocenters. The van der Waals surface area contributed by atoms with Crippen molar-refractivity contribution < 1.29 is 22.3 Å². The molecular weight excluding hydrogens is 268 g/mol. The smallest absolute Gasteiger partial charge is 0.387 e. The number of hydrogen-bond acceptors (Lipinski definition) is 1. The first kappa shape index (κ1) is 11.3. The van der Waals surface area contributed by atoms with E-state index in [1.165, 1.54) is 0 Å². The lowest BCUT2D eigenvalue weighted by Crippen LogP contribution is -2.06. The topological polar surface area (TPSA) is 9.23 Å². The average Bonchev–Trinajstić information content (AvgIpc) is 2.10. The van der Waals surface area contributed by atoms with Gasteiger partial charge >= 0.3 is 6.61 Å². The summed E-state index contributed by atoms with van der Waals surface area (Å²) in [6.45, 7) is -3.24. The number of rotatable bonds is 3. The second-order valence-corrected chi connectivity index (χ2v) is 2.96. The van der Waals surface area contributed by atoms with Crippen LogP contribution in [0.1, 0.15) is 5.56 Å². The van der Waals surface area contributed by atoms with Gasteiger partial charge in [0.15, 0.2) is 17.4 Å².